The number of aromatic hydroxyl groups is 1. The molecule has 0 spiro atoms. The smallest absolute Gasteiger partial charge is 0.191 e. The Balaban J connectivity index is 2.95. The Kier molecular flexibility index (Phi) is 1.02. The molecule has 0 saturated carbocycles. The van der Waals surface area contributed by atoms with Crippen molar-refractivity contribution in [3.63, 3.8) is 0 Å². The highest BCUT2D eigenvalue weighted by Gasteiger charge is 2.08. The van der Waals surface area contributed by atoms with E-state index in [2.05, 4.69) is 0 Å². The fourth-order valence-electron chi connectivity index (χ4n) is 0.927. The van der Waals surface area contributed by atoms with Crippen LogP contribution in [0.4, 0.5) is 0 Å². The van der Waals surface area contributed by atoms with Crippen LogP contribution in [0.25, 0.3) is 10.3 Å². The molecule has 0 unspecified atom stereocenters. The summed E-state index contributed by atoms with van der Waals surface area (Å²) in [6, 6.07) is 1.85. The molecule has 0 aliphatic heterocycles. The maximum atomic E-state index is 9.30. The topological polar surface area (TPSA) is 33.4 Å². The van der Waals surface area contributed by atoms with E-state index in [-0.39, 0.29) is 5.75 Å². The maximum absolute atomic E-state index is 9.30. The summed E-state index contributed by atoms with van der Waals surface area (Å²) in [4.78, 5) is 0.801. The van der Waals surface area contributed by atoms with E-state index in [0.717, 1.165) is 10.3 Å². The van der Waals surface area contributed by atoms with E-state index >= 15 is 0 Å². The first-order chi connectivity index (χ1) is 4.79. The second kappa shape index (κ2) is 1.76. The van der Waals surface area contributed by atoms with Gasteiger partial charge in [0.1, 0.15) is 5.76 Å². The summed E-state index contributed by atoms with van der Waals surface area (Å²) in [5.41, 5.74) is 0. The minimum atomic E-state index is 0.274. The second-order valence-corrected chi connectivity index (χ2v) is 3.01. The van der Waals surface area contributed by atoms with E-state index in [4.69, 9.17) is 4.42 Å². The molecule has 0 aliphatic rings. The quantitative estimate of drug-likeness (QED) is 0.632. The zero-order valence-corrected chi connectivity index (χ0v) is 6.23. The van der Waals surface area contributed by atoms with Gasteiger partial charge in [0.25, 0.3) is 0 Å². The van der Waals surface area contributed by atoms with Gasteiger partial charge >= 0.3 is 0 Å². The van der Waals surface area contributed by atoms with Crippen LogP contribution in [0.2, 0.25) is 0 Å². The number of fused-ring (bicyclic) bond motifs is 1. The van der Waals surface area contributed by atoms with Crippen molar-refractivity contribution in [3.8, 4) is 5.75 Å². The van der Waals surface area contributed by atoms with Crippen LogP contribution in [0, 0.1) is 6.92 Å². The van der Waals surface area contributed by atoms with Gasteiger partial charge in [-0.2, -0.15) is 0 Å². The van der Waals surface area contributed by atoms with Crippen LogP contribution in [-0.4, -0.2) is 5.11 Å². The van der Waals surface area contributed by atoms with Crippen molar-refractivity contribution in [2.45, 2.75) is 6.92 Å². The summed E-state index contributed by atoms with van der Waals surface area (Å²) in [6.45, 7) is 1.75. The molecule has 0 fully saturated rings. The Morgan fingerprint density at radius 2 is 2.40 bits per heavy atom. The van der Waals surface area contributed by atoms with Crippen molar-refractivity contribution in [1.29, 1.82) is 0 Å². The van der Waals surface area contributed by atoms with Crippen LogP contribution in [0.3, 0.4) is 0 Å². The van der Waals surface area contributed by atoms with Crippen molar-refractivity contribution in [2.24, 2.45) is 0 Å². The summed E-state index contributed by atoms with van der Waals surface area (Å²) < 4.78 is 5.21. The molecule has 0 amide bonds. The van der Waals surface area contributed by atoms with Crippen molar-refractivity contribution in [1.82, 2.24) is 0 Å². The minimum Gasteiger partial charge on any atom is -0.504 e. The molecule has 52 valence electrons. The molecule has 10 heavy (non-hydrogen) atoms. The maximum Gasteiger partial charge on any atom is 0.191 e. The lowest BCUT2D eigenvalue weighted by Gasteiger charge is -1.81. The SMILES string of the molecule is Cc1oc2sccc2c1O. The highest BCUT2D eigenvalue weighted by atomic mass is 32.1. The molecule has 2 heterocycles. The average Bonchev–Trinajstić information content (AvgIpc) is 2.41. The van der Waals surface area contributed by atoms with Gasteiger partial charge in [-0.3, -0.25) is 0 Å². The third kappa shape index (κ3) is 0.580. The van der Waals surface area contributed by atoms with Crippen molar-refractivity contribution in [2.75, 3.05) is 0 Å². The number of hydrogen-bond donors (Lipinski definition) is 1. The van der Waals surface area contributed by atoms with Gasteiger partial charge in [-0.15, -0.1) is 11.3 Å². The summed E-state index contributed by atoms with van der Waals surface area (Å²) in [5, 5.41) is 12.0. The third-order valence-electron chi connectivity index (χ3n) is 1.46. The highest BCUT2D eigenvalue weighted by Crippen LogP contribution is 2.34. The lowest BCUT2D eigenvalue weighted by atomic mass is 10.3. The summed E-state index contributed by atoms with van der Waals surface area (Å²) in [6.07, 6.45) is 0. The largest absolute Gasteiger partial charge is 0.504 e. The molecule has 3 heteroatoms. The van der Waals surface area contributed by atoms with Crippen molar-refractivity contribution >= 4 is 21.6 Å². The first-order valence-electron chi connectivity index (χ1n) is 2.94. The minimum absolute atomic E-state index is 0.274. The van der Waals surface area contributed by atoms with E-state index in [1.807, 2.05) is 11.4 Å². The van der Waals surface area contributed by atoms with E-state index in [9.17, 15) is 5.11 Å². The van der Waals surface area contributed by atoms with Crippen LogP contribution in [0.1, 0.15) is 5.76 Å². The van der Waals surface area contributed by atoms with Crippen LogP contribution >= 0.6 is 11.3 Å². The Morgan fingerprint density at radius 1 is 1.60 bits per heavy atom. The van der Waals surface area contributed by atoms with Gasteiger partial charge in [0.05, 0.1) is 5.39 Å². The normalized spacial score (nSPS) is 10.9. The fourth-order valence-corrected chi connectivity index (χ4v) is 1.72. The molecule has 2 rings (SSSR count). The molecule has 0 radical (unpaired) electrons. The van der Waals surface area contributed by atoms with Crippen LogP contribution in [0.15, 0.2) is 15.9 Å². The number of thiophene rings is 1. The van der Waals surface area contributed by atoms with Gasteiger partial charge in [-0.05, 0) is 18.4 Å². The molecule has 2 nitrogen and oxygen atoms in total. The lowest BCUT2D eigenvalue weighted by Crippen LogP contribution is -1.59. The first-order valence-corrected chi connectivity index (χ1v) is 3.82. The Bertz CT molecular complexity index is 358. The number of aryl methyl sites for hydroxylation is 1. The lowest BCUT2D eigenvalue weighted by molar-refractivity contribution is 0.452. The number of rotatable bonds is 0. The zero-order chi connectivity index (χ0) is 7.14. The third-order valence-corrected chi connectivity index (χ3v) is 2.25. The molecule has 2 aromatic heterocycles. The van der Waals surface area contributed by atoms with Crippen molar-refractivity contribution < 1.29 is 9.52 Å². The summed E-state index contributed by atoms with van der Waals surface area (Å²) >= 11 is 1.50. The second-order valence-electron chi connectivity index (χ2n) is 2.13. The Labute approximate surface area is 61.7 Å². The molecule has 2 aromatic rings. The molecule has 0 atom stereocenters. The number of hydrogen-bond acceptors (Lipinski definition) is 3. The van der Waals surface area contributed by atoms with Crippen LogP contribution in [0.5, 0.6) is 5.75 Å². The standard InChI is InChI=1S/C7H6O2S/c1-4-6(8)5-2-3-10-7(5)9-4/h2-3,8H,1H3. The van der Waals surface area contributed by atoms with E-state index in [1.165, 1.54) is 11.3 Å². The molecular weight excluding hydrogens is 148 g/mol. The first kappa shape index (κ1) is 5.80. The summed E-state index contributed by atoms with van der Waals surface area (Å²) in [5.74, 6) is 0.873. The molecule has 0 aromatic carbocycles. The molecule has 0 bridgehead atoms. The van der Waals surface area contributed by atoms with Gasteiger partial charge in [-0.1, -0.05) is 0 Å². The van der Waals surface area contributed by atoms with E-state index in [0.29, 0.717) is 5.76 Å². The van der Waals surface area contributed by atoms with Gasteiger partial charge in [0, 0.05) is 0 Å². The molecule has 1 N–H and O–H groups in total. The monoisotopic (exact) mass is 154 g/mol. The Hall–Kier alpha value is -0.960. The number of furan rings is 1. The average molecular weight is 154 g/mol. The summed E-state index contributed by atoms with van der Waals surface area (Å²) in [7, 11) is 0. The van der Waals surface area contributed by atoms with Gasteiger partial charge in [-0.25, -0.2) is 0 Å². The van der Waals surface area contributed by atoms with Gasteiger partial charge in [0.15, 0.2) is 10.6 Å². The van der Waals surface area contributed by atoms with Crippen LogP contribution < -0.4 is 0 Å². The van der Waals surface area contributed by atoms with Crippen LogP contribution in [-0.2, 0) is 0 Å². The Morgan fingerprint density at radius 3 is 3.10 bits per heavy atom. The molecular formula is C7H6O2S. The predicted octanol–water partition coefficient (Wildman–Crippen LogP) is 2.51. The predicted molar refractivity (Wildman–Crippen MR) is 40.5 cm³/mol. The van der Waals surface area contributed by atoms with Crippen molar-refractivity contribution in [3.05, 3.63) is 17.2 Å². The zero-order valence-electron chi connectivity index (χ0n) is 5.42. The van der Waals surface area contributed by atoms with E-state index < -0.39 is 0 Å². The van der Waals surface area contributed by atoms with E-state index in [1.54, 1.807) is 6.92 Å². The highest BCUT2D eigenvalue weighted by molar-refractivity contribution is 7.16. The molecule has 0 aliphatic carbocycles. The van der Waals surface area contributed by atoms with Gasteiger partial charge < -0.3 is 9.52 Å². The molecule has 0 saturated heterocycles. The van der Waals surface area contributed by atoms with Gasteiger partial charge in [0.2, 0.25) is 0 Å². The fraction of sp³-hybridized carbons (Fsp3) is 0.143.